The van der Waals surface area contributed by atoms with E-state index in [1.54, 1.807) is 0 Å². The molecule has 1 N–H and O–H groups in total. The Balaban J connectivity index is 1.52. The fourth-order valence-electron chi connectivity index (χ4n) is 4.39. The largest absolute Gasteiger partial charge is 0.342 e. The van der Waals surface area contributed by atoms with Crippen LogP contribution >= 0.6 is 11.3 Å². The van der Waals surface area contributed by atoms with Crippen LogP contribution in [0, 0.1) is 31.6 Å². The molecule has 6 nitrogen and oxygen atoms in total. The van der Waals surface area contributed by atoms with Crippen molar-refractivity contribution in [2.45, 2.75) is 47.0 Å². The lowest BCUT2D eigenvalue weighted by Gasteiger charge is -2.39. The van der Waals surface area contributed by atoms with Gasteiger partial charge in [-0.3, -0.25) is 14.5 Å². The lowest BCUT2D eigenvalue weighted by Crippen LogP contribution is -2.50. The Hall–Kier alpha value is -1.47. The molecule has 2 aliphatic heterocycles. The van der Waals surface area contributed by atoms with Crippen molar-refractivity contribution in [2.75, 3.05) is 38.0 Å². The van der Waals surface area contributed by atoms with Crippen molar-refractivity contribution in [3.63, 3.8) is 0 Å². The summed E-state index contributed by atoms with van der Waals surface area (Å²) in [5, 5.41) is 3.56. The number of piperidine rings is 2. The van der Waals surface area contributed by atoms with Crippen LogP contribution in [0.4, 0.5) is 5.13 Å². The molecule has 0 spiro atoms. The van der Waals surface area contributed by atoms with Crippen molar-refractivity contribution in [1.82, 2.24) is 14.8 Å². The van der Waals surface area contributed by atoms with E-state index in [1.807, 2.05) is 13.8 Å². The summed E-state index contributed by atoms with van der Waals surface area (Å²) in [5.74, 6) is 1.41. The molecular formula is C20H32N4O2S. The summed E-state index contributed by atoms with van der Waals surface area (Å²) in [6.07, 6.45) is 3.11. The van der Waals surface area contributed by atoms with Crippen molar-refractivity contribution < 1.29 is 9.59 Å². The Bertz CT molecular complexity index is 660. The molecule has 2 aliphatic rings. The fourth-order valence-corrected chi connectivity index (χ4v) is 5.22. The van der Waals surface area contributed by atoms with Gasteiger partial charge in [0.05, 0.1) is 18.2 Å². The Morgan fingerprint density at radius 1 is 1.19 bits per heavy atom. The SMILES string of the molecule is Cc1nc(NC(=O)CN2CCCC(C(=O)N3CC(C)CC(C)C3)C2)sc1C. The molecule has 2 saturated heterocycles. The van der Waals surface area contributed by atoms with Crippen molar-refractivity contribution >= 4 is 28.3 Å². The van der Waals surface area contributed by atoms with Crippen LogP contribution in [0.5, 0.6) is 0 Å². The maximum atomic E-state index is 13.0. The summed E-state index contributed by atoms with van der Waals surface area (Å²) in [7, 11) is 0. The topological polar surface area (TPSA) is 65.5 Å². The second kappa shape index (κ2) is 8.69. The number of rotatable bonds is 4. The molecule has 0 aliphatic carbocycles. The smallest absolute Gasteiger partial charge is 0.240 e. The molecule has 1 aromatic heterocycles. The number of carbonyl (C=O) groups excluding carboxylic acids is 2. The summed E-state index contributed by atoms with van der Waals surface area (Å²) >= 11 is 1.51. The molecule has 3 rings (SSSR count). The minimum atomic E-state index is -0.0444. The first-order chi connectivity index (χ1) is 12.8. The molecule has 3 unspecified atom stereocenters. The second-order valence-electron chi connectivity index (χ2n) is 8.47. The summed E-state index contributed by atoms with van der Waals surface area (Å²) in [6.45, 7) is 12.1. The van der Waals surface area contributed by atoms with Crippen LogP contribution in [-0.2, 0) is 9.59 Å². The molecule has 2 amide bonds. The van der Waals surface area contributed by atoms with Crippen molar-refractivity contribution in [3.05, 3.63) is 10.6 Å². The zero-order valence-corrected chi connectivity index (χ0v) is 17.8. The van der Waals surface area contributed by atoms with Gasteiger partial charge in [-0.25, -0.2) is 4.98 Å². The first kappa shape index (κ1) is 20.3. The van der Waals surface area contributed by atoms with E-state index in [9.17, 15) is 9.59 Å². The van der Waals surface area contributed by atoms with E-state index >= 15 is 0 Å². The van der Waals surface area contributed by atoms with Gasteiger partial charge in [-0.15, -0.1) is 11.3 Å². The van der Waals surface area contributed by atoms with Crippen LogP contribution in [0.1, 0.15) is 43.7 Å². The van der Waals surface area contributed by atoms with Crippen LogP contribution in [0.3, 0.4) is 0 Å². The number of hydrogen-bond acceptors (Lipinski definition) is 5. The van der Waals surface area contributed by atoms with Crippen LogP contribution in [0.25, 0.3) is 0 Å². The maximum Gasteiger partial charge on any atom is 0.240 e. The third-order valence-electron chi connectivity index (χ3n) is 5.68. The number of nitrogens with one attached hydrogen (secondary N) is 1. The van der Waals surface area contributed by atoms with Gasteiger partial charge >= 0.3 is 0 Å². The fraction of sp³-hybridized carbons (Fsp3) is 0.750. The van der Waals surface area contributed by atoms with Gasteiger partial charge in [0.15, 0.2) is 5.13 Å². The van der Waals surface area contributed by atoms with E-state index < -0.39 is 0 Å². The Morgan fingerprint density at radius 3 is 2.52 bits per heavy atom. The predicted molar refractivity (Wildman–Crippen MR) is 109 cm³/mol. The first-order valence-corrected chi connectivity index (χ1v) is 10.9. The number of nitrogens with zero attached hydrogens (tertiary/aromatic N) is 3. The van der Waals surface area contributed by atoms with Gasteiger partial charge in [0.2, 0.25) is 11.8 Å². The molecule has 0 bridgehead atoms. The number of aromatic nitrogens is 1. The highest BCUT2D eigenvalue weighted by molar-refractivity contribution is 7.15. The average molecular weight is 393 g/mol. The lowest BCUT2D eigenvalue weighted by molar-refractivity contribution is -0.140. The number of carbonyl (C=O) groups is 2. The summed E-state index contributed by atoms with van der Waals surface area (Å²) in [4.78, 5) is 35.1. The van der Waals surface area contributed by atoms with E-state index in [-0.39, 0.29) is 17.7 Å². The van der Waals surface area contributed by atoms with E-state index in [0.717, 1.165) is 43.0 Å². The van der Waals surface area contributed by atoms with Crippen LogP contribution in [0.2, 0.25) is 0 Å². The highest BCUT2D eigenvalue weighted by Gasteiger charge is 2.33. The van der Waals surface area contributed by atoms with Gasteiger partial charge in [-0.1, -0.05) is 13.8 Å². The minimum absolute atomic E-state index is 0.0217. The standard InChI is InChI=1S/C20H32N4O2S/c1-13-8-14(2)10-24(9-13)19(26)17-6-5-7-23(11-17)12-18(25)22-20-21-15(3)16(4)27-20/h13-14,17H,5-12H2,1-4H3,(H,21,22,25). The number of amides is 2. The lowest BCUT2D eigenvalue weighted by atomic mass is 9.89. The van der Waals surface area contributed by atoms with Gasteiger partial charge in [0.1, 0.15) is 0 Å². The molecule has 2 fully saturated rings. The van der Waals surface area contributed by atoms with Gasteiger partial charge in [0.25, 0.3) is 0 Å². The van der Waals surface area contributed by atoms with Crippen molar-refractivity contribution in [2.24, 2.45) is 17.8 Å². The number of thiazole rings is 1. The molecular weight excluding hydrogens is 360 g/mol. The zero-order valence-electron chi connectivity index (χ0n) is 17.0. The zero-order chi connectivity index (χ0) is 19.6. The van der Waals surface area contributed by atoms with Crippen LogP contribution in [0.15, 0.2) is 0 Å². The van der Waals surface area contributed by atoms with Gasteiger partial charge in [-0.2, -0.15) is 0 Å². The Morgan fingerprint density at radius 2 is 1.89 bits per heavy atom. The average Bonchev–Trinajstić information content (AvgIpc) is 2.90. The summed E-state index contributed by atoms with van der Waals surface area (Å²) in [6, 6.07) is 0. The quantitative estimate of drug-likeness (QED) is 0.856. The molecule has 0 aromatic carbocycles. The van der Waals surface area contributed by atoms with E-state index in [1.165, 1.54) is 17.8 Å². The molecule has 3 heterocycles. The highest BCUT2D eigenvalue weighted by atomic mass is 32.1. The molecule has 0 saturated carbocycles. The molecule has 150 valence electrons. The van der Waals surface area contributed by atoms with Crippen LogP contribution < -0.4 is 5.32 Å². The molecule has 27 heavy (non-hydrogen) atoms. The van der Waals surface area contributed by atoms with E-state index in [2.05, 4.69) is 33.9 Å². The monoisotopic (exact) mass is 392 g/mol. The van der Waals surface area contributed by atoms with Gasteiger partial charge in [-0.05, 0) is 51.5 Å². The van der Waals surface area contributed by atoms with Gasteiger partial charge < -0.3 is 10.2 Å². The third-order valence-corrected chi connectivity index (χ3v) is 6.67. The Labute approximate surface area is 166 Å². The molecule has 1 aromatic rings. The Kier molecular flexibility index (Phi) is 6.52. The third kappa shape index (κ3) is 5.29. The first-order valence-electron chi connectivity index (χ1n) is 10.1. The van der Waals surface area contributed by atoms with Crippen LogP contribution in [-0.4, -0.2) is 59.3 Å². The molecule has 3 atom stereocenters. The van der Waals surface area contributed by atoms with Gasteiger partial charge in [0, 0.05) is 24.5 Å². The second-order valence-corrected chi connectivity index (χ2v) is 9.68. The van der Waals surface area contributed by atoms with E-state index in [0.29, 0.717) is 30.1 Å². The number of hydrogen-bond donors (Lipinski definition) is 1. The van der Waals surface area contributed by atoms with Crippen molar-refractivity contribution in [1.29, 1.82) is 0 Å². The minimum Gasteiger partial charge on any atom is -0.342 e. The summed E-state index contributed by atoms with van der Waals surface area (Å²) < 4.78 is 0. The predicted octanol–water partition coefficient (Wildman–Crippen LogP) is 2.91. The van der Waals surface area contributed by atoms with Crippen molar-refractivity contribution in [3.8, 4) is 0 Å². The molecule has 0 radical (unpaired) electrons. The number of aryl methyl sites for hydroxylation is 2. The van der Waals surface area contributed by atoms with E-state index in [4.69, 9.17) is 0 Å². The maximum absolute atomic E-state index is 13.0. The number of anilines is 1. The summed E-state index contributed by atoms with van der Waals surface area (Å²) in [5.41, 5.74) is 0.962. The normalized spacial score (nSPS) is 26.8. The molecule has 7 heteroatoms. The highest BCUT2D eigenvalue weighted by Crippen LogP contribution is 2.26. The number of likely N-dealkylation sites (tertiary alicyclic amines) is 2.